The monoisotopic (exact) mass is 424 g/mol. The van der Waals surface area contributed by atoms with Crippen molar-refractivity contribution in [3.8, 4) is 11.5 Å². The van der Waals surface area contributed by atoms with Crippen LogP contribution in [0.1, 0.15) is 24.5 Å². The van der Waals surface area contributed by atoms with Crippen molar-refractivity contribution in [2.24, 2.45) is 0 Å². The molecule has 0 saturated carbocycles. The van der Waals surface area contributed by atoms with Gasteiger partial charge in [0.25, 0.3) is 0 Å². The van der Waals surface area contributed by atoms with Gasteiger partial charge in [0.05, 0.1) is 11.1 Å². The third-order valence-corrected chi connectivity index (χ3v) is 4.40. The topological polar surface area (TPSA) is 42.5 Å². The smallest absolute Gasteiger partial charge is 0.175 e. The Labute approximate surface area is 163 Å². The maximum absolute atomic E-state index is 13.8. The zero-order valence-corrected chi connectivity index (χ0v) is 16.9. The zero-order chi connectivity index (χ0) is 18.8. The Morgan fingerprint density at radius 2 is 1.92 bits per heavy atom. The van der Waals surface area contributed by atoms with E-state index in [2.05, 4.69) is 26.6 Å². The van der Waals surface area contributed by atoms with Crippen molar-refractivity contribution in [3.05, 3.63) is 57.8 Å². The normalized spacial score (nSPS) is 10.8. The van der Waals surface area contributed by atoms with Gasteiger partial charge in [-0.25, -0.2) is 4.39 Å². The van der Waals surface area contributed by atoms with Crippen molar-refractivity contribution in [1.82, 2.24) is 10.6 Å². The molecule has 0 heterocycles. The second-order valence-electron chi connectivity index (χ2n) is 5.85. The van der Waals surface area contributed by atoms with Crippen LogP contribution in [0.25, 0.3) is 0 Å². The summed E-state index contributed by atoms with van der Waals surface area (Å²) in [6.07, 6.45) is 1.07. The fraction of sp³-hybridized carbons (Fsp3) is 0.400. The van der Waals surface area contributed by atoms with Crippen LogP contribution in [0.15, 0.2) is 40.9 Å². The summed E-state index contributed by atoms with van der Waals surface area (Å²) in [5, 5.41) is 6.54. The van der Waals surface area contributed by atoms with Crippen LogP contribution in [0, 0.1) is 5.82 Å². The fourth-order valence-electron chi connectivity index (χ4n) is 2.51. The van der Waals surface area contributed by atoms with Gasteiger partial charge in [-0.3, -0.25) is 0 Å². The van der Waals surface area contributed by atoms with Gasteiger partial charge in [-0.2, -0.15) is 0 Å². The Kier molecular flexibility index (Phi) is 8.88. The van der Waals surface area contributed by atoms with E-state index >= 15 is 0 Å². The second-order valence-corrected chi connectivity index (χ2v) is 6.71. The van der Waals surface area contributed by atoms with Crippen LogP contribution >= 0.6 is 15.9 Å². The predicted octanol–water partition coefficient (Wildman–Crippen LogP) is 4.27. The SMILES string of the molecule is CCOc1cc(CNCCCNC)cc(Br)c1OCc1ccccc1F. The van der Waals surface area contributed by atoms with Crippen LogP contribution < -0.4 is 20.1 Å². The average Bonchev–Trinajstić information content (AvgIpc) is 2.62. The highest BCUT2D eigenvalue weighted by molar-refractivity contribution is 9.10. The van der Waals surface area contributed by atoms with Gasteiger partial charge in [0.1, 0.15) is 12.4 Å². The summed E-state index contributed by atoms with van der Waals surface area (Å²) >= 11 is 3.56. The van der Waals surface area contributed by atoms with Crippen molar-refractivity contribution in [2.75, 3.05) is 26.7 Å². The van der Waals surface area contributed by atoms with Gasteiger partial charge in [0, 0.05) is 12.1 Å². The van der Waals surface area contributed by atoms with Gasteiger partial charge in [-0.05, 0) is 73.2 Å². The van der Waals surface area contributed by atoms with Gasteiger partial charge in [0.2, 0.25) is 0 Å². The lowest BCUT2D eigenvalue weighted by atomic mass is 10.2. The molecule has 0 aliphatic carbocycles. The van der Waals surface area contributed by atoms with Crippen LogP contribution in [0.5, 0.6) is 11.5 Å². The molecule has 2 aromatic rings. The molecule has 4 nitrogen and oxygen atoms in total. The Balaban J connectivity index is 2.06. The molecule has 2 aromatic carbocycles. The van der Waals surface area contributed by atoms with Gasteiger partial charge < -0.3 is 20.1 Å². The van der Waals surface area contributed by atoms with E-state index in [1.54, 1.807) is 18.2 Å². The number of rotatable bonds is 11. The Morgan fingerprint density at radius 3 is 2.65 bits per heavy atom. The van der Waals surface area contributed by atoms with E-state index in [1.807, 2.05) is 26.1 Å². The Morgan fingerprint density at radius 1 is 1.12 bits per heavy atom. The summed E-state index contributed by atoms with van der Waals surface area (Å²) in [6, 6.07) is 10.6. The van der Waals surface area contributed by atoms with Crippen LogP contribution in [0.2, 0.25) is 0 Å². The van der Waals surface area contributed by atoms with E-state index in [0.29, 0.717) is 23.7 Å². The maximum Gasteiger partial charge on any atom is 0.175 e. The maximum atomic E-state index is 13.8. The molecule has 0 aliphatic rings. The predicted molar refractivity (Wildman–Crippen MR) is 106 cm³/mol. The zero-order valence-electron chi connectivity index (χ0n) is 15.3. The first-order chi connectivity index (χ1) is 12.7. The molecule has 2 rings (SSSR count). The fourth-order valence-corrected chi connectivity index (χ4v) is 3.12. The van der Waals surface area contributed by atoms with Gasteiger partial charge in [-0.15, -0.1) is 0 Å². The van der Waals surface area contributed by atoms with Gasteiger partial charge in [0.15, 0.2) is 11.5 Å². The molecule has 142 valence electrons. The van der Waals surface area contributed by atoms with Crippen LogP contribution in [-0.2, 0) is 13.2 Å². The lowest BCUT2D eigenvalue weighted by molar-refractivity contribution is 0.264. The number of nitrogens with one attached hydrogen (secondary N) is 2. The number of halogens is 2. The average molecular weight is 425 g/mol. The quantitative estimate of drug-likeness (QED) is 0.528. The van der Waals surface area contributed by atoms with Crippen molar-refractivity contribution in [1.29, 1.82) is 0 Å². The van der Waals surface area contributed by atoms with E-state index < -0.39 is 0 Å². The lowest BCUT2D eigenvalue weighted by Gasteiger charge is -2.16. The minimum atomic E-state index is -0.274. The summed E-state index contributed by atoms with van der Waals surface area (Å²) in [5.41, 5.74) is 1.61. The van der Waals surface area contributed by atoms with E-state index in [-0.39, 0.29) is 12.4 Å². The third-order valence-electron chi connectivity index (χ3n) is 3.81. The highest BCUT2D eigenvalue weighted by atomic mass is 79.9. The van der Waals surface area contributed by atoms with E-state index in [4.69, 9.17) is 9.47 Å². The molecule has 0 saturated heterocycles. The number of ether oxygens (including phenoxy) is 2. The van der Waals surface area contributed by atoms with Crippen LogP contribution in [-0.4, -0.2) is 26.7 Å². The third kappa shape index (κ3) is 6.27. The molecule has 0 radical (unpaired) electrons. The largest absolute Gasteiger partial charge is 0.490 e. The first-order valence-electron chi connectivity index (χ1n) is 8.82. The summed E-state index contributed by atoms with van der Waals surface area (Å²) in [6.45, 7) is 5.28. The van der Waals surface area contributed by atoms with Crippen molar-refractivity contribution in [3.63, 3.8) is 0 Å². The molecule has 0 spiro atoms. The molecular weight excluding hydrogens is 399 g/mol. The summed E-state index contributed by atoms with van der Waals surface area (Å²) in [5.74, 6) is 0.975. The van der Waals surface area contributed by atoms with E-state index in [0.717, 1.165) is 36.1 Å². The summed E-state index contributed by atoms with van der Waals surface area (Å²) in [7, 11) is 1.95. The summed E-state index contributed by atoms with van der Waals surface area (Å²) in [4.78, 5) is 0. The van der Waals surface area contributed by atoms with Crippen LogP contribution in [0.3, 0.4) is 0 Å². The highest BCUT2D eigenvalue weighted by Crippen LogP contribution is 2.37. The Hall–Kier alpha value is -1.63. The second kappa shape index (κ2) is 11.2. The molecule has 6 heteroatoms. The number of hydrogen-bond acceptors (Lipinski definition) is 4. The van der Waals surface area contributed by atoms with Crippen LogP contribution in [0.4, 0.5) is 4.39 Å². The van der Waals surface area contributed by atoms with Crippen molar-refractivity contribution in [2.45, 2.75) is 26.5 Å². The standard InChI is InChI=1S/C20H26BrFN2O2/c1-3-25-19-12-15(13-24-10-6-9-23-2)11-17(21)20(19)26-14-16-7-4-5-8-18(16)22/h4-5,7-8,11-12,23-24H,3,6,9-10,13-14H2,1-2H3. The molecule has 0 bridgehead atoms. The molecule has 26 heavy (non-hydrogen) atoms. The summed E-state index contributed by atoms with van der Waals surface area (Å²) < 4.78 is 26.2. The highest BCUT2D eigenvalue weighted by Gasteiger charge is 2.13. The molecule has 0 unspecified atom stereocenters. The van der Waals surface area contributed by atoms with Gasteiger partial charge >= 0.3 is 0 Å². The molecule has 2 N–H and O–H groups in total. The first-order valence-corrected chi connectivity index (χ1v) is 9.61. The molecule has 0 amide bonds. The molecular formula is C20H26BrFN2O2. The molecule has 0 aliphatic heterocycles. The number of benzene rings is 2. The molecule has 0 atom stereocenters. The van der Waals surface area contributed by atoms with E-state index in [9.17, 15) is 4.39 Å². The first kappa shape index (κ1) is 20.7. The van der Waals surface area contributed by atoms with Crippen molar-refractivity contribution >= 4 is 15.9 Å². The van der Waals surface area contributed by atoms with Crippen molar-refractivity contribution < 1.29 is 13.9 Å². The minimum absolute atomic E-state index is 0.146. The van der Waals surface area contributed by atoms with E-state index in [1.165, 1.54) is 6.07 Å². The van der Waals surface area contributed by atoms with Gasteiger partial charge in [-0.1, -0.05) is 18.2 Å². The minimum Gasteiger partial charge on any atom is -0.490 e. The Bertz CT molecular complexity index is 698. The lowest BCUT2D eigenvalue weighted by Crippen LogP contribution is -2.19. The molecule has 0 fully saturated rings. The molecule has 0 aromatic heterocycles. The number of hydrogen-bond donors (Lipinski definition) is 2.